The molecule has 0 aliphatic carbocycles. The summed E-state index contributed by atoms with van der Waals surface area (Å²) in [6.45, 7) is 0. The number of nitrogen functional groups attached to an aromatic ring is 1. The van der Waals surface area contributed by atoms with Gasteiger partial charge in [0.15, 0.2) is 11.2 Å². The molecule has 8 aromatic rings. The average molecular weight is 654 g/mol. The fourth-order valence-corrected chi connectivity index (χ4v) is 4.69. The number of aromatic nitrogens is 2. The van der Waals surface area contributed by atoms with E-state index in [0.29, 0.717) is 11.8 Å². The van der Waals surface area contributed by atoms with Crippen LogP contribution in [0, 0.1) is 0 Å². The van der Waals surface area contributed by atoms with Gasteiger partial charge < -0.3 is 19.9 Å². The summed E-state index contributed by atoms with van der Waals surface area (Å²) >= 11 is 3.40. The highest BCUT2D eigenvalue weighted by atomic mass is 79.9. The van der Waals surface area contributed by atoms with Crippen molar-refractivity contribution in [1.29, 1.82) is 0 Å². The zero-order chi connectivity index (χ0) is 30.8. The van der Waals surface area contributed by atoms with Crippen molar-refractivity contribution in [3.8, 4) is 22.9 Å². The minimum absolute atomic E-state index is 0.646. The highest BCUT2D eigenvalue weighted by molar-refractivity contribution is 9.10. The highest BCUT2D eigenvalue weighted by Gasteiger charge is 2.08. The number of oxazole rings is 2. The van der Waals surface area contributed by atoms with Crippen molar-refractivity contribution in [3.63, 3.8) is 0 Å². The third kappa shape index (κ3) is 7.84. The molecule has 0 spiro atoms. The summed E-state index contributed by atoms with van der Waals surface area (Å²) in [5, 5.41) is 3.36. The van der Waals surface area contributed by atoms with Gasteiger partial charge >= 0.3 is 0 Å². The summed E-state index contributed by atoms with van der Waals surface area (Å²) in [6, 6.07) is 51.1. The van der Waals surface area contributed by atoms with Crippen molar-refractivity contribution >= 4 is 55.2 Å². The van der Waals surface area contributed by atoms with Gasteiger partial charge in [0.25, 0.3) is 0 Å². The minimum atomic E-state index is 0.646. The smallest absolute Gasteiger partial charge is 0.227 e. The Hall–Kier alpha value is -5.66. The van der Waals surface area contributed by atoms with E-state index in [0.717, 1.165) is 54.9 Å². The topological polar surface area (TPSA) is 90.1 Å². The zero-order valence-electron chi connectivity index (χ0n) is 24.2. The lowest BCUT2D eigenvalue weighted by Gasteiger charge is -2.06. The second-order valence-corrected chi connectivity index (χ2v) is 10.9. The van der Waals surface area contributed by atoms with Gasteiger partial charge in [-0.25, -0.2) is 9.97 Å². The zero-order valence-corrected chi connectivity index (χ0v) is 25.8. The number of nitrogens with one attached hydrogen (secondary N) is 1. The lowest BCUT2D eigenvalue weighted by molar-refractivity contribution is 0.619. The molecule has 0 unspecified atom stereocenters. The molecule has 0 radical (unpaired) electrons. The van der Waals surface area contributed by atoms with Crippen molar-refractivity contribution < 1.29 is 8.83 Å². The minimum Gasteiger partial charge on any atom is -0.436 e. The van der Waals surface area contributed by atoms with Gasteiger partial charge in [-0.15, -0.1) is 0 Å². The first-order valence-corrected chi connectivity index (χ1v) is 15.1. The number of benzene rings is 6. The van der Waals surface area contributed by atoms with Crippen LogP contribution in [-0.4, -0.2) is 9.97 Å². The van der Waals surface area contributed by atoms with Crippen LogP contribution in [0.4, 0.5) is 17.1 Å². The van der Waals surface area contributed by atoms with Gasteiger partial charge in [-0.05, 0) is 97.1 Å². The lowest BCUT2D eigenvalue weighted by Crippen LogP contribution is -1.89. The maximum atomic E-state index is 5.78. The summed E-state index contributed by atoms with van der Waals surface area (Å²) < 4.78 is 12.5. The maximum absolute atomic E-state index is 5.78. The summed E-state index contributed by atoms with van der Waals surface area (Å²) in [6.07, 6.45) is 0. The van der Waals surface area contributed by atoms with Crippen LogP contribution in [-0.2, 0) is 0 Å². The first-order valence-electron chi connectivity index (χ1n) is 14.3. The number of halogens is 1. The van der Waals surface area contributed by atoms with E-state index in [2.05, 4.69) is 31.2 Å². The molecular formula is C38H29BrN4O2. The molecule has 3 N–H and O–H groups in total. The monoisotopic (exact) mass is 652 g/mol. The SMILES string of the molecule is Brc1ccc(-c2nc3ccccc3o2)cc1.Nc1ccccc1.c1ccc(Nc2ccc(-c3nc4ccccc4o3)cc2)cc1. The Bertz CT molecular complexity index is 2020. The summed E-state index contributed by atoms with van der Waals surface area (Å²) in [5.74, 6) is 1.31. The summed E-state index contributed by atoms with van der Waals surface area (Å²) in [7, 11) is 0. The van der Waals surface area contributed by atoms with Crippen LogP contribution in [0.1, 0.15) is 0 Å². The highest BCUT2D eigenvalue weighted by Crippen LogP contribution is 2.27. The molecule has 6 aromatic carbocycles. The number of hydrogen-bond donors (Lipinski definition) is 2. The van der Waals surface area contributed by atoms with Gasteiger partial charge in [-0.2, -0.15) is 0 Å². The molecule has 7 heteroatoms. The maximum Gasteiger partial charge on any atom is 0.227 e. The summed E-state index contributed by atoms with van der Waals surface area (Å²) in [4.78, 5) is 8.94. The van der Waals surface area contributed by atoms with E-state index < -0.39 is 0 Å². The quantitative estimate of drug-likeness (QED) is 0.184. The van der Waals surface area contributed by atoms with E-state index in [1.54, 1.807) is 0 Å². The first-order chi connectivity index (χ1) is 22.1. The Morgan fingerprint density at radius 2 is 0.889 bits per heavy atom. The Balaban J connectivity index is 0.000000135. The molecule has 45 heavy (non-hydrogen) atoms. The normalized spacial score (nSPS) is 10.4. The van der Waals surface area contributed by atoms with Crippen molar-refractivity contribution in [2.45, 2.75) is 0 Å². The molecule has 0 atom stereocenters. The molecular weight excluding hydrogens is 624 g/mol. The molecule has 0 bridgehead atoms. The van der Waals surface area contributed by atoms with Crippen LogP contribution < -0.4 is 11.1 Å². The Morgan fingerprint density at radius 3 is 1.36 bits per heavy atom. The number of fused-ring (bicyclic) bond motifs is 2. The van der Waals surface area contributed by atoms with Crippen LogP contribution in [0.25, 0.3) is 45.1 Å². The number of nitrogens with two attached hydrogens (primary N) is 1. The molecule has 8 rings (SSSR count). The average Bonchev–Trinajstić information content (AvgIpc) is 3.72. The number of nitrogens with zero attached hydrogens (tertiary/aromatic N) is 2. The molecule has 2 aromatic heterocycles. The number of anilines is 3. The van der Waals surface area contributed by atoms with Crippen LogP contribution >= 0.6 is 15.9 Å². The van der Waals surface area contributed by atoms with Gasteiger partial charge in [0.1, 0.15) is 11.0 Å². The molecule has 2 heterocycles. The predicted octanol–water partition coefficient (Wildman–Crippen LogP) is 10.8. The predicted molar refractivity (Wildman–Crippen MR) is 187 cm³/mol. The van der Waals surface area contributed by atoms with Gasteiger partial charge in [0.05, 0.1) is 0 Å². The molecule has 0 amide bonds. The van der Waals surface area contributed by atoms with E-state index in [1.165, 1.54) is 0 Å². The van der Waals surface area contributed by atoms with Gasteiger partial charge in [0.2, 0.25) is 11.8 Å². The lowest BCUT2D eigenvalue weighted by atomic mass is 10.2. The number of hydrogen-bond acceptors (Lipinski definition) is 6. The number of rotatable bonds is 4. The largest absolute Gasteiger partial charge is 0.436 e. The Labute approximate surface area is 269 Å². The Kier molecular flexibility index (Phi) is 9.29. The molecule has 0 aliphatic heterocycles. The third-order valence-electron chi connectivity index (χ3n) is 6.67. The van der Waals surface area contributed by atoms with Crippen molar-refractivity contribution in [1.82, 2.24) is 9.97 Å². The fourth-order valence-electron chi connectivity index (χ4n) is 4.42. The number of para-hydroxylation sites is 6. The second-order valence-electron chi connectivity index (χ2n) is 9.96. The molecule has 0 aliphatic rings. The van der Waals surface area contributed by atoms with E-state index in [4.69, 9.17) is 14.6 Å². The molecule has 0 saturated heterocycles. The molecule has 6 nitrogen and oxygen atoms in total. The molecule has 0 fully saturated rings. The molecule has 0 saturated carbocycles. The van der Waals surface area contributed by atoms with E-state index in [1.807, 2.05) is 158 Å². The van der Waals surface area contributed by atoms with Crippen molar-refractivity contribution in [3.05, 3.63) is 162 Å². The van der Waals surface area contributed by atoms with Crippen molar-refractivity contribution in [2.75, 3.05) is 11.1 Å². The van der Waals surface area contributed by atoms with Crippen LogP contribution in [0.3, 0.4) is 0 Å². The third-order valence-corrected chi connectivity index (χ3v) is 7.20. The Morgan fingerprint density at radius 1 is 0.467 bits per heavy atom. The first kappa shape index (κ1) is 29.4. The van der Waals surface area contributed by atoms with E-state index in [9.17, 15) is 0 Å². The summed E-state index contributed by atoms with van der Waals surface area (Å²) in [5.41, 5.74) is 13.6. The van der Waals surface area contributed by atoms with E-state index >= 15 is 0 Å². The fraction of sp³-hybridized carbons (Fsp3) is 0. The standard InChI is InChI=1S/C19H14N2O.C13H8BrNO.C6H7N/c1-2-6-15(7-3-1)20-16-12-10-14(11-13-16)19-21-17-8-4-5-9-18(17)22-19;14-10-7-5-9(6-8-10)13-15-11-3-1-2-4-12(11)16-13;7-6-4-2-1-3-5-6/h1-13,20H;1-8H;1-5H,7H2. The van der Waals surface area contributed by atoms with Crippen LogP contribution in [0.2, 0.25) is 0 Å². The van der Waals surface area contributed by atoms with Crippen molar-refractivity contribution in [2.24, 2.45) is 0 Å². The van der Waals surface area contributed by atoms with Gasteiger partial charge in [0, 0.05) is 32.7 Å². The van der Waals surface area contributed by atoms with E-state index in [-0.39, 0.29) is 0 Å². The molecule has 220 valence electrons. The van der Waals surface area contributed by atoms with Crippen LogP contribution in [0.15, 0.2) is 171 Å². The van der Waals surface area contributed by atoms with Crippen LogP contribution in [0.5, 0.6) is 0 Å². The second kappa shape index (κ2) is 14.2. The van der Waals surface area contributed by atoms with Gasteiger partial charge in [-0.3, -0.25) is 0 Å². The van der Waals surface area contributed by atoms with Gasteiger partial charge in [-0.1, -0.05) is 76.6 Å².